The molecule has 0 amide bonds. The largest absolute Gasteiger partial charge is 0.481 e. The molecule has 90 valence electrons. The van der Waals surface area contributed by atoms with Crippen molar-refractivity contribution < 1.29 is 15.0 Å². The van der Waals surface area contributed by atoms with Crippen LogP contribution in [0, 0.1) is 0 Å². The van der Waals surface area contributed by atoms with Crippen molar-refractivity contribution in [2.75, 3.05) is 27.2 Å². The number of carbonyl (C=O) groups is 1. The minimum atomic E-state index is -0.976. The third-order valence-electron chi connectivity index (χ3n) is 2.56. The summed E-state index contributed by atoms with van der Waals surface area (Å²) in [7, 11) is 3.96. The number of aliphatic carboxylic acids is 1. The molecule has 0 bridgehead atoms. The molecule has 5 nitrogen and oxygen atoms in total. The van der Waals surface area contributed by atoms with E-state index in [2.05, 4.69) is 24.1 Å². The predicted molar refractivity (Wildman–Crippen MR) is 58.9 cm³/mol. The SMILES string of the molecule is CN(C)C(C)(C)CNCC(O)CC(=O)O. The smallest absolute Gasteiger partial charge is 0.306 e. The molecule has 0 spiro atoms. The van der Waals surface area contributed by atoms with E-state index < -0.39 is 12.1 Å². The predicted octanol–water partition coefficient (Wildman–Crippen LogP) is -0.248. The van der Waals surface area contributed by atoms with E-state index in [0.717, 1.165) is 0 Å². The second kappa shape index (κ2) is 6.05. The zero-order chi connectivity index (χ0) is 12.1. The molecule has 1 atom stereocenters. The minimum absolute atomic E-state index is 0.0110. The number of nitrogens with zero attached hydrogens (tertiary/aromatic N) is 1. The Hall–Kier alpha value is -0.650. The molecule has 1 unspecified atom stereocenters. The highest BCUT2D eigenvalue weighted by atomic mass is 16.4. The Balaban J connectivity index is 3.74. The van der Waals surface area contributed by atoms with Crippen LogP contribution in [0.1, 0.15) is 20.3 Å². The molecule has 0 aliphatic heterocycles. The lowest BCUT2D eigenvalue weighted by molar-refractivity contribution is -0.139. The van der Waals surface area contributed by atoms with Crippen molar-refractivity contribution in [1.29, 1.82) is 0 Å². The number of nitrogens with one attached hydrogen (secondary N) is 1. The number of aliphatic hydroxyl groups is 1. The van der Waals surface area contributed by atoms with E-state index in [-0.39, 0.29) is 12.0 Å². The molecule has 0 aromatic heterocycles. The van der Waals surface area contributed by atoms with Crippen LogP contribution in [0.4, 0.5) is 0 Å². The van der Waals surface area contributed by atoms with E-state index in [4.69, 9.17) is 5.11 Å². The number of aliphatic hydroxyl groups excluding tert-OH is 1. The Labute approximate surface area is 91.1 Å². The van der Waals surface area contributed by atoms with Crippen LogP contribution >= 0.6 is 0 Å². The van der Waals surface area contributed by atoms with Crippen LogP contribution in [0.5, 0.6) is 0 Å². The molecular formula is C10H22N2O3. The Morgan fingerprint density at radius 2 is 2.00 bits per heavy atom. The van der Waals surface area contributed by atoms with Crippen LogP contribution in [-0.4, -0.2) is 59.9 Å². The first-order valence-electron chi connectivity index (χ1n) is 5.03. The van der Waals surface area contributed by atoms with Gasteiger partial charge in [-0.3, -0.25) is 4.79 Å². The lowest BCUT2D eigenvalue weighted by atomic mass is 10.0. The minimum Gasteiger partial charge on any atom is -0.481 e. The highest BCUT2D eigenvalue weighted by Gasteiger charge is 2.20. The number of carboxylic acids is 1. The summed E-state index contributed by atoms with van der Waals surface area (Å²) in [5.41, 5.74) is -0.0110. The maximum Gasteiger partial charge on any atom is 0.306 e. The quantitative estimate of drug-likeness (QED) is 0.549. The third kappa shape index (κ3) is 6.43. The molecule has 0 aromatic rings. The van der Waals surface area contributed by atoms with Crippen LogP contribution in [-0.2, 0) is 4.79 Å². The fourth-order valence-electron chi connectivity index (χ4n) is 0.977. The van der Waals surface area contributed by atoms with Crippen LogP contribution in [0.2, 0.25) is 0 Å². The van der Waals surface area contributed by atoms with Gasteiger partial charge in [-0.2, -0.15) is 0 Å². The zero-order valence-electron chi connectivity index (χ0n) is 9.95. The van der Waals surface area contributed by atoms with Gasteiger partial charge in [0, 0.05) is 18.6 Å². The van der Waals surface area contributed by atoms with E-state index in [1.165, 1.54) is 0 Å². The molecular weight excluding hydrogens is 196 g/mol. The highest BCUT2D eigenvalue weighted by Crippen LogP contribution is 2.07. The summed E-state index contributed by atoms with van der Waals surface area (Å²) in [5, 5.41) is 20.8. The Morgan fingerprint density at radius 3 is 2.40 bits per heavy atom. The van der Waals surface area contributed by atoms with E-state index in [1.807, 2.05) is 14.1 Å². The molecule has 0 heterocycles. The van der Waals surface area contributed by atoms with Gasteiger partial charge >= 0.3 is 5.97 Å². The van der Waals surface area contributed by atoms with Gasteiger partial charge in [-0.05, 0) is 27.9 Å². The molecule has 0 aliphatic rings. The zero-order valence-corrected chi connectivity index (χ0v) is 9.95. The van der Waals surface area contributed by atoms with E-state index in [0.29, 0.717) is 13.1 Å². The maximum absolute atomic E-state index is 10.3. The van der Waals surface area contributed by atoms with Gasteiger partial charge in [0.1, 0.15) is 0 Å². The van der Waals surface area contributed by atoms with Gasteiger partial charge in [0.05, 0.1) is 12.5 Å². The maximum atomic E-state index is 10.3. The summed E-state index contributed by atoms with van der Waals surface area (Å²) in [6, 6.07) is 0. The van der Waals surface area contributed by atoms with Gasteiger partial charge in [-0.25, -0.2) is 0 Å². The van der Waals surface area contributed by atoms with Crippen molar-refractivity contribution in [3.63, 3.8) is 0 Å². The molecule has 0 radical (unpaired) electrons. The van der Waals surface area contributed by atoms with Crippen molar-refractivity contribution in [3.05, 3.63) is 0 Å². The first-order chi connectivity index (χ1) is 6.75. The first kappa shape index (κ1) is 14.3. The van der Waals surface area contributed by atoms with Crippen molar-refractivity contribution in [1.82, 2.24) is 10.2 Å². The lowest BCUT2D eigenvalue weighted by Gasteiger charge is -2.33. The molecule has 0 saturated heterocycles. The van der Waals surface area contributed by atoms with Crippen LogP contribution in [0.15, 0.2) is 0 Å². The number of hydrogen-bond acceptors (Lipinski definition) is 4. The summed E-state index contributed by atoms with van der Waals surface area (Å²) < 4.78 is 0. The number of rotatable bonds is 7. The summed E-state index contributed by atoms with van der Waals surface area (Å²) in [4.78, 5) is 12.4. The van der Waals surface area contributed by atoms with Crippen molar-refractivity contribution in [2.45, 2.75) is 31.9 Å². The fourth-order valence-corrected chi connectivity index (χ4v) is 0.977. The van der Waals surface area contributed by atoms with E-state index in [1.54, 1.807) is 0 Å². The van der Waals surface area contributed by atoms with Gasteiger partial charge in [0.25, 0.3) is 0 Å². The van der Waals surface area contributed by atoms with Gasteiger partial charge in [0.2, 0.25) is 0 Å². The first-order valence-corrected chi connectivity index (χ1v) is 5.03. The second-order valence-corrected chi connectivity index (χ2v) is 4.59. The lowest BCUT2D eigenvalue weighted by Crippen LogP contribution is -2.48. The Kier molecular flexibility index (Phi) is 5.79. The van der Waals surface area contributed by atoms with Crippen LogP contribution in [0.25, 0.3) is 0 Å². The summed E-state index contributed by atoms with van der Waals surface area (Å²) in [6.07, 6.45) is -1.03. The van der Waals surface area contributed by atoms with Crippen LogP contribution in [0.3, 0.4) is 0 Å². The summed E-state index contributed by atoms with van der Waals surface area (Å²) in [6.45, 7) is 5.16. The molecule has 3 N–H and O–H groups in total. The molecule has 0 aromatic carbocycles. The average molecular weight is 218 g/mol. The monoisotopic (exact) mass is 218 g/mol. The van der Waals surface area contributed by atoms with Gasteiger partial charge in [-0.15, -0.1) is 0 Å². The van der Waals surface area contributed by atoms with E-state index in [9.17, 15) is 9.90 Å². The average Bonchev–Trinajstić information content (AvgIpc) is 2.01. The molecule has 15 heavy (non-hydrogen) atoms. The number of likely N-dealkylation sites (N-methyl/N-ethyl adjacent to an activating group) is 1. The van der Waals surface area contributed by atoms with E-state index >= 15 is 0 Å². The van der Waals surface area contributed by atoms with Crippen molar-refractivity contribution >= 4 is 5.97 Å². The second-order valence-electron chi connectivity index (χ2n) is 4.59. The fraction of sp³-hybridized carbons (Fsp3) is 0.900. The summed E-state index contributed by atoms with van der Waals surface area (Å²) in [5.74, 6) is -0.976. The highest BCUT2D eigenvalue weighted by molar-refractivity contribution is 5.67. The Morgan fingerprint density at radius 1 is 1.47 bits per heavy atom. The summed E-state index contributed by atoms with van der Waals surface area (Å²) >= 11 is 0. The normalized spacial score (nSPS) is 14.3. The molecule has 0 rings (SSSR count). The Bertz CT molecular complexity index is 205. The third-order valence-corrected chi connectivity index (χ3v) is 2.56. The molecule has 0 aliphatic carbocycles. The number of carboxylic acid groups (broad SMARTS) is 1. The van der Waals surface area contributed by atoms with Gasteiger partial charge in [-0.1, -0.05) is 0 Å². The van der Waals surface area contributed by atoms with Crippen molar-refractivity contribution in [3.8, 4) is 0 Å². The van der Waals surface area contributed by atoms with Gasteiger partial charge in [0.15, 0.2) is 0 Å². The number of hydrogen-bond donors (Lipinski definition) is 3. The topological polar surface area (TPSA) is 72.8 Å². The molecule has 0 saturated carbocycles. The molecule has 0 fully saturated rings. The molecule has 5 heteroatoms. The van der Waals surface area contributed by atoms with Gasteiger partial charge < -0.3 is 20.4 Å². The standard InChI is InChI=1S/C10H22N2O3/c1-10(2,12(3)4)7-11-6-8(13)5-9(14)15/h8,11,13H,5-7H2,1-4H3,(H,14,15). The van der Waals surface area contributed by atoms with Crippen LogP contribution < -0.4 is 5.32 Å². The van der Waals surface area contributed by atoms with Crippen molar-refractivity contribution in [2.24, 2.45) is 0 Å².